The number of amides is 2. The zero-order valence-electron chi connectivity index (χ0n) is 21.9. The van der Waals surface area contributed by atoms with E-state index in [4.69, 9.17) is 9.72 Å². The van der Waals surface area contributed by atoms with Crippen molar-refractivity contribution in [3.63, 3.8) is 0 Å². The molecule has 2 amide bonds. The van der Waals surface area contributed by atoms with Crippen LogP contribution in [0.3, 0.4) is 0 Å². The molecule has 12 heteroatoms. The van der Waals surface area contributed by atoms with Crippen molar-refractivity contribution in [2.24, 2.45) is 0 Å². The molecular formula is C26H33N9O3. The molecule has 2 aliphatic rings. The molecule has 0 bridgehead atoms. The third kappa shape index (κ3) is 6.25. The Balaban J connectivity index is 1.18. The predicted molar refractivity (Wildman–Crippen MR) is 139 cm³/mol. The van der Waals surface area contributed by atoms with Crippen molar-refractivity contribution >= 4 is 17.9 Å². The van der Waals surface area contributed by atoms with E-state index in [1.54, 1.807) is 38.1 Å². The van der Waals surface area contributed by atoms with E-state index in [2.05, 4.69) is 55.4 Å². The number of hydrogen-bond donors (Lipinski definition) is 3. The fourth-order valence-electron chi connectivity index (χ4n) is 4.64. The molecule has 0 spiro atoms. The summed E-state index contributed by atoms with van der Waals surface area (Å²) in [5, 5.41) is 15.0. The Kier molecular flexibility index (Phi) is 7.23. The van der Waals surface area contributed by atoms with Gasteiger partial charge in [-0.25, -0.2) is 25.2 Å². The van der Waals surface area contributed by atoms with E-state index in [0.29, 0.717) is 32.0 Å². The number of hydrazine groups is 1. The number of H-pyrrole nitrogens is 1. The standard InChI is InChI=1S/C26H33N9O3/c1-26(2,3)38-25(37)35(29-9-8-20-13-28-33-32-20)16-23(36)34-14-19-12-27-24(31-22(19)15-34)30-21-10-17-6-4-5-7-18(17)11-21/h4-7,12-13,21,29H,8-11,14-16H2,1-3H3,(H,27,30,31)(H,28,32,33). The average molecular weight is 520 g/mol. The SMILES string of the molecule is CC(C)(C)OC(=O)N(CC(=O)N1Cc2cnc(NC3Cc4ccccc4C3)nc2C1)NCCc1cn[nH]n1. The van der Waals surface area contributed by atoms with Gasteiger partial charge in [-0.05, 0) is 44.7 Å². The maximum Gasteiger partial charge on any atom is 0.425 e. The monoisotopic (exact) mass is 519 g/mol. The number of fused-ring (bicyclic) bond motifs is 2. The number of nitrogens with one attached hydrogen (secondary N) is 3. The third-order valence-corrected chi connectivity index (χ3v) is 6.45. The highest BCUT2D eigenvalue weighted by atomic mass is 16.6. The van der Waals surface area contributed by atoms with E-state index in [9.17, 15) is 9.59 Å². The number of carbonyl (C=O) groups is 2. The Bertz CT molecular complexity index is 1260. The predicted octanol–water partition coefficient (Wildman–Crippen LogP) is 2.00. The van der Waals surface area contributed by atoms with Crippen molar-refractivity contribution in [1.82, 2.24) is 40.7 Å². The first-order chi connectivity index (χ1) is 18.2. The van der Waals surface area contributed by atoms with E-state index in [1.165, 1.54) is 16.1 Å². The fraction of sp³-hybridized carbons (Fsp3) is 0.462. The number of aromatic amines is 1. The highest BCUT2D eigenvalue weighted by Gasteiger charge is 2.30. The minimum atomic E-state index is -0.699. The van der Waals surface area contributed by atoms with Crippen molar-refractivity contribution < 1.29 is 14.3 Å². The Morgan fingerprint density at radius 1 is 1.13 bits per heavy atom. The first-order valence-corrected chi connectivity index (χ1v) is 12.8. The number of benzene rings is 1. The van der Waals surface area contributed by atoms with Crippen LogP contribution in [0.15, 0.2) is 36.7 Å². The zero-order chi connectivity index (χ0) is 26.7. The first-order valence-electron chi connectivity index (χ1n) is 12.8. The normalized spacial score (nSPS) is 14.8. The molecule has 1 aliphatic heterocycles. The van der Waals surface area contributed by atoms with E-state index in [1.807, 2.05) is 0 Å². The molecule has 3 aromatic rings. The number of carbonyl (C=O) groups excluding carboxylic acids is 2. The van der Waals surface area contributed by atoms with Crippen LogP contribution < -0.4 is 10.7 Å². The smallest absolute Gasteiger partial charge is 0.425 e. The van der Waals surface area contributed by atoms with Crippen LogP contribution in [0, 0.1) is 0 Å². The molecule has 12 nitrogen and oxygen atoms in total. The summed E-state index contributed by atoms with van der Waals surface area (Å²) in [6.07, 6.45) is 5.17. The summed E-state index contributed by atoms with van der Waals surface area (Å²) in [5.74, 6) is 0.351. The molecule has 1 aromatic carbocycles. The van der Waals surface area contributed by atoms with Gasteiger partial charge in [0.25, 0.3) is 0 Å². The summed E-state index contributed by atoms with van der Waals surface area (Å²) >= 11 is 0. The van der Waals surface area contributed by atoms with Crippen LogP contribution >= 0.6 is 0 Å². The van der Waals surface area contributed by atoms with Crippen LogP contribution in [-0.4, -0.2) is 72.0 Å². The van der Waals surface area contributed by atoms with Gasteiger partial charge < -0.3 is 15.0 Å². The maximum atomic E-state index is 13.2. The minimum Gasteiger partial charge on any atom is -0.443 e. The molecule has 3 heterocycles. The Hall–Kier alpha value is -4.06. The van der Waals surface area contributed by atoms with E-state index < -0.39 is 11.7 Å². The molecule has 200 valence electrons. The summed E-state index contributed by atoms with van der Waals surface area (Å²) in [7, 11) is 0. The van der Waals surface area contributed by atoms with Crippen molar-refractivity contribution in [2.75, 3.05) is 18.4 Å². The van der Waals surface area contributed by atoms with Gasteiger partial charge in [-0.3, -0.25) is 4.79 Å². The quantitative estimate of drug-likeness (QED) is 0.381. The zero-order valence-corrected chi connectivity index (χ0v) is 21.9. The second-order valence-electron chi connectivity index (χ2n) is 10.6. The van der Waals surface area contributed by atoms with Gasteiger partial charge in [0.1, 0.15) is 12.1 Å². The second kappa shape index (κ2) is 10.7. The Morgan fingerprint density at radius 3 is 2.58 bits per heavy atom. The number of anilines is 1. The second-order valence-corrected chi connectivity index (χ2v) is 10.6. The van der Waals surface area contributed by atoms with Crippen LogP contribution in [0.4, 0.5) is 10.7 Å². The van der Waals surface area contributed by atoms with Gasteiger partial charge in [0.2, 0.25) is 11.9 Å². The van der Waals surface area contributed by atoms with E-state index in [0.717, 1.165) is 29.8 Å². The molecule has 0 radical (unpaired) electrons. The van der Waals surface area contributed by atoms with Crippen molar-refractivity contribution in [1.29, 1.82) is 0 Å². The summed E-state index contributed by atoms with van der Waals surface area (Å²) < 4.78 is 5.50. The minimum absolute atomic E-state index is 0.180. The van der Waals surface area contributed by atoms with Gasteiger partial charge in [-0.15, -0.1) is 0 Å². The third-order valence-electron chi connectivity index (χ3n) is 6.45. The average Bonchev–Trinajstić information content (AvgIpc) is 3.61. The molecule has 3 N–H and O–H groups in total. The lowest BCUT2D eigenvalue weighted by atomic mass is 10.1. The summed E-state index contributed by atoms with van der Waals surface area (Å²) in [4.78, 5) is 36.9. The Morgan fingerprint density at radius 2 is 1.89 bits per heavy atom. The van der Waals surface area contributed by atoms with Crippen LogP contribution in [0.25, 0.3) is 0 Å². The molecule has 0 fully saturated rings. The topological polar surface area (TPSA) is 141 Å². The van der Waals surface area contributed by atoms with E-state index >= 15 is 0 Å². The lowest BCUT2D eigenvalue weighted by molar-refractivity contribution is -0.133. The van der Waals surface area contributed by atoms with Crippen molar-refractivity contribution in [2.45, 2.75) is 64.8 Å². The van der Waals surface area contributed by atoms with E-state index in [-0.39, 0.29) is 18.5 Å². The number of ether oxygens (including phenoxy) is 1. The highest BCUT2D eigenvalue weighted by Crippen LogP contribution is 2.25. The van der Waals surface area contributed by atoms with Crippen molar-refractivity contribution in [3.05, 3.63) is 64.7 Å². The summed E-state index contributed by atoms with van der Waals surface area (Å²) in [6.45, 7) is 6.30. The van der Waals surface area contributed by atoms with Crippen LogP contribution in [0.2, 0.25) is 0 Å². The highest BCUT2D eigenvalue weighted by molar-refractivity contribution is 5.82. The molecule has 0 saturated heterocycles. The van der Waals surface area contributed by atoms with Crippen LogP contribution in [-0.2, 0) is 41.9 Å². The van der Waals surface area contributed by atoms with Gasteiger partial charge in [-0.2, -0.15) is 15.4 Å². The largest absolute Gasteiger partial charge is 0.443 e. The van der Waals surface area contributed by atoms with Gasteiger partial charge in [0.05, 0.1) is 24.1 Å². The van der Waals surface area contributed by atoms with Gasteiger partial charge in [-0.1, -0.05) is 24.3 Å². The number of aromatic nitrogens is 5. The van der Waals surface area contributed by atoms with Gasteiger partial charge >= 0.3 is 6.09 Å². The van der Waals surface area contributed by atoms with Crippen LogP contribution in [0.1, 0.15) is 48.8 Å². The Labute approximate surface area is 221 Å². The molecule has 5 rings (SSSR count). The van der Waals surface area contributed by atoms with Gasteiger partial charge in [0.15, 0.2) is 0 Å². The summed E-state index contributed by atoms with van der Waals surface area (Å²) in [6, 6.07) is 8.70. The molecule has 0 atom stereocenters. The lowest BCUT2D eigenvalue weighted by Crippen LogP contribution is -2.50. The van der Waals surface area contributed by atoms with Crippen molar-refractivity contribution in [3.8, 4) is 0 Å². The first kappa shape index (κ1) is 25.6. The number of hydrogen-bond acceptors (Lipinski definition) is 9. The maximum absolute atomic E-state index is 13.2. The molecule has 0 saturated carbocycles. The number of nitrogens with zero attached hydrogens (tertiary/aromatic N) is 6. The summed E-state index contributed by atoms with van der Waals surface area (Å²) in [5.41, 5.74) is 7.47. The molecule has 38 heavy (non-hydrogen) atoms. The van der Waals surface area contributed by atoms with Gasteiger partial charge in [0, 0.05) is 37.3 Å². The number of rotatable bonds is 8. The fourth-order valence-corrected chi connectivity index (χ4v) is 4.64. The molecular weight excluding hydrogens is 486 g/mol. The molecule has 0 unspecified atom stereocenters. The lowest BCUT2D eigenvalue weighted by Gasteiger charge is -2.28. The van der Waals surface area contributed by atoms with Crippen LogP contribution in [0.5, 0.6) is 0 Å². The molecule has 1 aliphatic carbocycles. The molecule has 2 aromatic heterocycles.